The predicted octanol–water partition coefficient (Wildman–Crippen LogP) is 11.9. The van der Waals surface area contributed by atoms with Crippen molar-refractivity contribution >= 4 is 43.1 Å². The molecule has 0 amide bonds. The van der Waals surface area contributed by atoms with E-state index in [2.05, 4.69) is 159 Å². The summed E-state index contributed by atoms with van der Waals surface area (Å²) in [6, 6.07) is 53.4. The standard InChI is InChI=1S/C42H30/c1-27-25-39(33-23-11-15-29-13-3-5-17-31(29)33)35-19-7-9-21-37(35)41(27)42-28(2)26-40(36-20-8-10-22-38(36)42)34-24-12-16-30-14-4-6-18-32(30)34/h3-26H,1-2H3. The first kappa shape index (κ1) is 24.6. The second kappa shape index (κ2) is 9.72. The summed E-state index contributed by atoms with van der Waals surface area (Å²) in [5.41, 5.74) is 10.4. The molecule has 0 saturated carbocycles. The van der Waals surface area contributed by atoms with Crippen LogP contribution in [0.15, 0.2) is 146 Å². The van der Waals surface area contributed by atoms with Crippen molar-refractivity contribution in [3.63, 3.8) is 0 Å². The van der Waals surface area contributed by atoms with E-state index >= 15 is 0 Å². The van der Waals surface area contributed by atoms with Gasteiger partial charge in [0.25, 0.3) is 0 Å². The molecular weight excluding hydrogens is 504 g/mol. The van der Waals surface area contributed by atoms with Crippen LogP contribution in [0, 0.1) is 13.8 Å². The average Bonchev–Trinajstić information content (AvgIpc) is 3.04. The molecule has 0 aliphatic rings. The summed E-state index contributed by atoms with van der Waals surface area (Å²) in [6.45, 7) is 4.56. The molecule has 0 heterocycles. The van der Waals surface area contributed by atoms with Gasteiger partial charge in [0.1, 0.15) is 0 Å². The maximum absolute atomic E-state index is 2.41. The first-order chi connectivity index (χ1) is 20.7. The third kappa shape index (κ3) is 3.76. The van der Waals surface area contributed by atoms with E-state index in [4.69, 9.17) is 0 Å². The molecule has 0 saturated heterocycles. The minimum absolute atomic E-state index is 1.27. The summed E-state index contributed by atoms with van der Waals surface area (Å²) < 4.78 is 0. The number of benzene rings is 8. The topological polar surface area (TPSA) is 0 Å². The molecule has 8 aromatic rings. The van der Waals surface area contributed by atoms with E-state index in [1.165, 1.54) is 87.6 Å². The fraction of sp³-hybridized carbons (Fsp3) is 0.0476. The van der Waals surface area contributed by atoms with Gasteiger partial charge in [-0.3, -0.25) is 0 Å². The van der Waals surface area contributed by atoms with Crippen LogP contribution in [0.5, 0.6) is 0 Å². The van der Waals surface area contributed by atoms with Crippen LogP contribution in [0.2, 0.25) is 0 Å². The summed E-state index contributed by atoms with van der Waals surface area (Å²) in [5.74, 6) is 0. The highest BCUT2D eigenvalue weighted by Crippen LogP contribution is 2.46. The first-order valence-electron chi connectivity index (χ1n) is 14.7. The molecule has 0 spiro atoms. The van der Waals surface area contributed by atoms with E-state index in [1.54, 1.807) is 0 Å². The second-order valence-electron chi connectivity index (χ2n) is 11.4. The lowest BCUT2D eigenvalue weighted by Crippen LogP contribution is -1.96. The maximum atomic E-state index is 2.41. The summed E-state index contributed by atoms with van der Waals surface area (Å²) >= 11 is 0. The molecule has 42 heavy (non-hydrogen) atoms. The van der Waals surface area contributed by atoms with Crippen molar-refractivity contribution < 1.29 is 0 Å². The van der Waals surface area contributed by atoms with Crippen molar-refractivity contribution in [1.82, 2.24) is 0 Å². The third-order valence-electron chi connectivity index (χ3n) is 8.89. The molecular formula is C42H30. The number of aryl methyl sites for hydroxylation is 2. The van der Waals surface area contributed by atoms with Crippen LogP contribution in [0.1, 0.15) is 11.1 Å². The Morgan fingerprint density at radius 2 is 0.619 bits per heavy atom. The van der Waals surface area contributed by atoms with Gasteiger partial charge in [-0.05, 0) is 101 Å². The van der Waals surface area contributed by atoms with Crippen molar-refractivity contribution in [3.05, 3.63) is 157 Å². The van der Waals surface area contributed by atoms with Gasteiger partial charge in [0, 0.05) is 0 Å². The minimum Gasteiger partial charge on any atom is -0.0616 e. The van der Waals surface area contributed by atoms with Crippen molar-refractivity contribution in [1.29, 1.82) is 0 Å². The molecule has 0 N–H and O–H groups in total. The van der Waals surface area contributed by atoms with Gasteiger partial charge < -0.3 is 0 Å². The van der Waals surface area contributed by atoms with E-state index in [-0.39, 0.29) is 0 Å². The number of hydrogen-bond acceptors (Lipinski definition) is 0. The number of fused-ring (bicyclic) bond motifs is 4. The van der Waals surface area contributed by atoms with Gasteiger partial charge >= 0.3 is 0 Å². The Morgan fingerprint density at radius 3 is 1.05 bits per heavy atom. The lowest BCUT2D eigenvalue weighted by Gasteiger charge is -2.21. The predicted molar refractivity (Wildman–Crippen MR) is 182 cm³/mol. The molecule has 0 fully saturated rings. The Morgan fingerprint density at radius 1 is 0.286 bits per heavy atom. The van der Waals surface area contributed by atoms with Gasteiger partial charge in [-0.15, -0.1) is 0 Å². The molecule has 8 aromatic carbocycles. The van der Waals surface area contributed by atoms with Crippen molar-refractivity contribution in [2.24, 2.45) is 0 Å². The fourth-order valence-corrected chi connectivity index (χ4v) is 7.06. The highest BCUT2D eigenvalue weighted by Gasteiger charge is 2.19. The molecule has 0 aliphatic carbocycles. The lowest BCUT2D eigenvalue weighted by molar-refractivity contribution is 1.44. The van der Waals surface area contributed by atoms with E-state index in [9.17, 15) is 0 Å². The Labute approximate surface area is 246 Å². The normalized spacial score (nSPS) is 11.6. The highest BCUT2D eigenvalue weighted by molar-refractivity contribution is 6.16. The number of hydrogen-bond donors (Lipinski definition) is 0. The van der Waals surface area contributed by atoms with Crippen LogP contribution in [0.3, 0.4) is 0 Å². The van der Waals surface area contributed by atoms with Crippen LogP contribution in [-0.4, -0.2) is 0 Å². The van der Waals surface area contributed by atoms with Gasteiger partial charge in [0.05, 0.1) is 0 Å². The smallest absolute Gasteiger partial charge is 0.00668 e. The lowest BCUT2D eigenvalue weighted by atomic mass is 9.82. The summed E-state index contributed by atoms with van der Waals surface area (Å²) in [6.07, 6.45) is 0. The molecule has 0 atom stereocenters. The van der Waals surface area contributed by atoms with Crippen LogP contribution in [0.25, 0.3) is 76.5 Å². The molecule has 0 bridgehead atoms. The van der Waals surface area contributed by atoms with Crippen molar-refractivity contribution in [3.8, 4) is 33.4 Å². The van der Waals surface area contributed by atoms with Gasteiger partial charge in [0.15, 0.2) is 0 Å². The Kier molecular flexibility index (Phi) is 5.69. The van der Waals surface area contributed by atoms with Crippen LogP contribution in [-0.2, 0) is 0 Å². The van der Waals surface area contributed by atoms with Gasteiger partial charge in [-0.25, -0.2) is 0 Å². The molecule has 0 radical (unpaired) electrons. The second-order valence-corrected chi connectivity index (χ2v) is 11.4. The molecule has 8 rings (SSSR count). The minimum atomic E-state index is 1.27. The van der Waals surface area contributed by atoms with Crippen LogP contribution >= 0.6 is 0 Å². The largest absolute Gasteiger partial charge is 0.0616 e. The maximum Gasteiger partial charge on any atom is -0.00668 e. The molecule has 0 aliphatic heterocycles. The van der Waals surface area contributed by atoms with Crippen LogP contribution in [0.4, 0.5) is 0 Å². The first-order valence-corrected chi connectivity index (χ1v) is 14.7. The summed E-state index contributed by atoms with van der Waals surface area (Å²) in [7, 11) is 0. The number of rotatable bonds is 3. The Bertz CT molecular complexity index is 2140. The molecule has 0 heteroatoms. The molecule has 0 aromatic heterocycles. The summed E-state index contributed by atoms with van der Waals surface area (Å²) in [4.78, 5) is 0. The summed E-state index contributed by atoms with van der Waals surface area (Å²) in [5, 5.41) is 10.3. The van der Waals surface area contributed by atoms with E-state index < -0.39 is 0 Å². The molecule has 198 valence electrons. The average molecular weight is 535 g/mol. The zero-order valence-electron chi connectivity index (χ0n) is 23.9. The monoisotopic (exact) mass is 534 g/mol. The van der Waals surface area contributed by atoms with Crippen molar-refractivity contribution in [2.45, 2.75) is 13.8 Å². The Balaban J connectivity index is 1.43. The SMILES string of the molecule is Cc1cc(-c2cccc3ccccc23)c2ccccc2c1-c1c(C)cc(-c2cccc3ccccc23)c2ccccc12. The fourth-order valence-electron chi connectivity index (χ4n) is 7.06. The molecule has 0 unspecified atom stereocenters. The van der Waals surface area contributed by atoms with Gasteiger partial charge in [-0.1, -0.05) is 146 Å². The third-order valence-corrected chi connectivity index (χ3v) is 8.89. The zero-order valence-corrected chi connectivity index (χ0v) is 23.9. The quantitative estimate of drug-likeness (QED) is 0.211. The van der Waals surface area contributed by atoms with Crippen molar-refractivity contribution in [2.75, 3.05) is 0 Å². The Hall–Kier alpha value is -5.20. The van der Waals surface area contributed by atoms with E-state index in [0.717, 1.165) is 0 Å². The molecule has 0 nitrogen and oxygen atoms in total. The van der Waals surface area contributed by atoms with E-state index in [0.29, 0.717) is 0 Å². The van der Waals surface area contributed by atoms with Gasteiger partial charge in [-0.2, -0.15) is 0 Å². The van der Waals surface area contributed by atoms with Gasteiger partial charge in [0.2, 0.25) is 0 Å². The van der Waals surface area contributed by atoms with Crippen LogP contribution < -0.4 is 0 Å². The zero-order chi connectivity index (χ0) is 28.2. The van der Waals surface area contributed by atoms with E-state index in [1.807, 2.05) is 0 Å². The highest BCUT2D eigenvalue weighted by atomic mass is 14.2.